The highest BCUT2D eigenvalue weighted by Crippen LogP contribution is 2.68. The van der Waals surface area contributed by atoms with Crippen LogP contribution >= 0.6 is 7.82 Å². The molecule has 14 atom stereocenters. The average molecular weight is 661 g/mol. The number of hydrogen-bond acceptors (Lipinski definition) is 9. The van der Waals surface area contributed by atoms with E-state index in [-0.39, 0.29) is 35.3 Å². The van der Waals surface area contributed by atoms with E-state index in [2.05, 4.69) is 34.6 Å². The molecule has 1 aliphatic heterocycles. The monoisotopic (exact) mass is 660 g/mol. The Kier molecular flexibility index (Phi) is 10.6. The first-order chi connectivity index (χ1) is 21.0. The SMILES string of the molecule is CC(C)CCC[C@@H](C)[C@H]1CCC2C3C(O)C(O[C@H]4O[C@H](CO)[C@H](O)[C@@H](O)[C@H]4O)=C4CC(OP(=O)(O)O)CC[C@]4(C)C3CC[C@@]21C. The van der Waals surface area contributed by atoms with E-state index in [0.29, 0.717) is 36.2 Å². The van der Waals surface area contributed by atoms with Crippen molar-refractivity contribution in [3.8, 4) is 0 Å². The Morgan fingerprint density at radius 2 is 1.64 bits per heavy atom. The Labute approximate surface area is 267 Å². The fraction of sp³-hybridized carbons (Fsp3) is 0.939. The van der Waals surface area contributed by atoms with E-state index >= 15 is 0 Å². The first-order valence-electron chi connectivity index (χ1n) is 17.1. The van der Waals surface area contributed by atoms with E-state index in [4.69, 9.17) is 14.0 Å². The number of fused-ring (bicyclic) bond motifs is 5. The molecule has 0 aromatic heterocycles. The Morgan fingerprint density at radius 3 is 2.29 bits per heavy atom. The highest BCUT2D eigenvalue weighted by atomic mass is 31.2. The maximum absolute atomic E-state index is 12.3. The standard InChI is InChI=1S/C33H57O11P/c1-17(2)7-6-8-18(3)20-9-10-21-25-22(12-14-32(20,21)4)33(5)13-11-19(44-45(39,40)41)15-23(33)30(27(25)36)43-31-29(38)28(37)26(35)24(16-34)42-31/h17-22,24-29,31,34-38H,6-16H2,1-5H3,(H2,39,40,41)/t18-,19?,20-,21?,22?,24-,25?,26+,27?,28-,29-,31-,32-,33-/m1/s1. The van der Waals surface area contributed by atoms with Crippen LogP contribution in [-0.4, -0.2) is 84.8 Å². The van der Waals surface area contributed by atoms with Crippen molar-refractivity contribution in [3.63, 3.8) is 0 Å². The molecule has 260 valence electrons. The first-order valence-corrected chi connectivity index (χ1v) is 18.7. The van der Waals surface area contributed by atoms with Gasteiger partial charge in [0.1, 0.15) is 36.3 Å². The van der Waals surface area contributed by atoms with Crippen molar-refractivity contribution in [3.05, 3.63) is 11.3 Å². The van der Waals surface area contributed by atoms with Gasteiger partial charge < -0.3 is 44.8 Å². The number of rotatable bonds is 10. The summed E-state index contributed by atoms with van der Waals surface area (Å²) in [6.07, 6.45) is -0.519. The van der Waals surface area contributed by atoms with Crippen LogP contribution in [0.1, 0.15) is 98.8 Å². The fourth-order valence-electron chi connectivity index (χ4n) is 10.4. The number of phosphoric ester groups is 1. The summed E-state index contributed by atoms with van der Waals surface area (Å²) in [4.78, 5) is 19.2. The average Bonchev–Trinajstić information content (AvgIpc) is 3.32. The van der Waals surface area contributed by atoms with Crippen LogP contribution in [0.15, 0.2) is 11.3 Å². The zero-order chi connectivity index (χ0) is 33.1. The van der Waals surface area contributed by atoms with Gasteiger partial charge in [-0.25, -0.2) is 4.57 Å². The lowest BCUT2D eigenvalue weighted by atomic mass is 9.46. The Bertz CT molecular complexity index is 1120. The number of aliphatic hydroxyl groups is 5. The molecule has 5 rings (SSSR count). The predicted octanol–water partition coefficient (Wildman–Crippen LogP) is 3.62. The molecule has 1 saturated heterocycles. The van der Waals surface area contributed by atoms with Gasteiger partial charge in [-0.3, -0.25) is 4.52 Å². The minimum Gasteiger partial charge on any atom is -0.464 e. The van der Waals surface area contributed by atoms with Gasteiger partial charge >= 0.3 is 7.82 Å². The minimum absolute atomic E-state index is 0.0439. The Balaban J connectivity index is 1.49. The topological polar surface area (TPSA) is 186 Å². The lowest BCUT2D eigenvalue weighted by Crippen LogP contribution is -2.60. The van der Waals surface area contributed by atoms with Gasteiger partial charge in [0.2, 0.25) is 6.29 Å². The molecule has 0 bridgehead atoms. The molecule has 3 saturated carbocycles. The lowest BCUT2D eigenvalue weighted by Gasteiger charge is -2.60. The second-order valence-electron chi connectivity index (χ2n) is 15.8. The number of aliphatic hydroxyl groups excluding tert-OH is 5. The maximum Gasteiger partial charge on any atom is 0.469 e. The molecule has 1 heterocycles. The Hall–Kier alpha value is -0.590. The molecule has 7 N–H and O–H groups in total. The minimum atomic E-state index is -4.77. The molecular weight excluding hydrogens is 603 g/mol. The molecule has 12 heteroatoms. The van der Waals surface area contributed by atoms with Crippen molar-refractivity contribution < 1.29 is 53.9 Å². The number of ether oxygens (including phenoxy) is 2. The van der Waals surface area contributed by atoms with Gasteiger partial charge in [0, 0.05) is 0 Å². The summed E-state index contributed by atoms with van der Waals surface area (Å²) in [6.45, 7) is 10.9. The maximum atomic E-state index is 12.3. The van der Waals surface area contributed by atoms with Gasteiger partial charge in [-0.1, -0.05) is 53.9 Å². The van der Waals surface area contributed by atoms with Gasteiger partial charge in [0.25, 0.3) is 0 Å². The molecule has 45 heavy (non-hydrogen) atoms. The molecule has 0 radical (unpaired) electrons. The third-order valence-corrected chi connectivity index (χ3v) is 13.3. The van der Waals surface area contributed by atoms with Crippen LogP contribution in [0.2, 0.25) is 0 Å². The van der Waals surface area contributed by atoms with Crippen molar-refractivity contribution >= 4 is 7.82 Å². The fourth-order valence-corrected chi connectivity index (χ4v) is 11.0. The third kappa shape index (κ3) is 6.70. The summed E-state index contributed by atoms with van der Waals surface area (Å²) in [7, 11) is -4.77. The van der Waals surface area contributed by atoms with Gasteiger partial charge in [-0.05, 0) is 96.9 Å². The number of hydrogen-bond donors (Lipinski definition) is 7. The van der Waals surface area contributed by atoms with E-state index in [0.717, 1.165) is 25.7 Å². The van der Waals surface area contributed by atoms with Crippen molar-refractivity contribution in [2.75, 3.05) is 6.61 Å². The molecule has 0 aromatic carbocycles. The van der Waals surface area contributed by atoms with Crippen molar-refractivity contribution in [1.29, 1.82) is 0 Å². The highest BCUT2D eigenvalue weighted by Gasteiger charge is 2.63. The van der Waals surface area contributed by atoms with E-state index in [1.54, 1.807) is 0 Å². The van der Waals surface area contributed by atoms with Crippen LogP contribution in [0, 0.1) is 46.3 Å². The smallest absolute Gasteiger partial charge is 0.464 e. The quantitative estimate of drug-likeness (QED) is 0.170. The number of phosphoric acid groups is 1. The summed E-state index contributed by atoms with van der Waals surface area (Å²) in [6, 6.07) is 0. The molecule has 0 amide bonds. The summed E-state index contributed by atoms with van der Waals surface area (Å²) >= 11 is 0. The summed E-state index contributed by atoms with van der Waals surface area (Å²) in [5, 5.41) is 53.7. The van der Waals surface area contributed by atoms with Gasteiger partial charge in [0.15, 0.2) is 0 Å². The van der Waals surface area contributed by atoms with Crippen molar-refractivity contribution in [2.24, 2.45) is 46.3 Å². The van der Waals surface area contributed by atoms with E-state index < -0.39 is 62.8 Å². The summed E-state index contributed by atoms with van der Waals surface area (Å²) < 4.78 is 29.0. The molecule has 0 spiro atoms. The Morgan fingerprint density at radius 1 is 0.933 bits per heavy atom. The summed E-state index contributed by atoms with van der Waals surface area (Å²) in [5.74, 6) is 2.21. The van der Waals surface area contributed by atoms with Crippen LogP contribution < -0.4 is 0 Å². The molecule has 11 nitrogen and oxygen atoms in total. The van der Waals surface area contributed by atoms with Gasteiger partial charge in [0.05, 0.1) is 12.7 Å². The van der Waals surface area contributed by atoms with E-state index in [9.17, 15) is 39.9 Å². The van der Waals surface area contributed by atoms with Crippen LogP contribution in [0.3, 0.4) is 0 Å². The van der Waals surface area contributed by atoms with E-state index in [1.807, 2.05) is 0 Å². The third-order valence-electron chi connectivity index (χ3n) is 12.8. The van der Waals surface area contributed by atoms with Crippen LogP contribution in [-0.2, 0) is 18.6 Å². The van der Waals surface area contributed by atoms with Gasteiger partial charge in [-0.15, -0.1) is 0 Å². The zero-order valence-electron chi connectivity index (χ0n) is 27.5. The van der Waals surface area contributed by atoms with Crippen LogP contribution in [0.5, 0.6) is 0 Å². The summed E-state index contributed by atoms with van der Waals surface area (Å²) in [5.41, 5.74) is 0.283. The molecule has 4 fully saturated rings. The second-order valence-corrected chi connectivity index (χ2v) is 17.0. The normalized spacial score (nSPS) is 46.0. The van der Waals surface area contributed by atoms with Crippen molar-refractivity contribution in [1.82, 2.24) is 0 Å². The van der Waals surface area contributed by atoms with Crippen molar-refractivity contribution in [2.45, 2.75) is 142 Å². The lowest BCUT2D eigenvalue weighted by molar-refractivity contribution is -0.297. The molecule has 5 unspecified atom stereocenters. The highest BCUT2D eigenvalue weighted by molar-refractivity contribution is 7.46. The molecular formula is C33H57O11P. The zero-order valence-corrected chi connectivity index (χ0v) is 28.4. The molecule has 0 aromatic rings. The first kappa shape index (κ1) is 35.7. The van der Waals surface area contributed by atoms with Gasteiger partial charge in [-0.2, -0.15) is 0 Å². The van der Waals surface area contributed by atoms with Crippen LogP contribution in [0.25, 0.3) is 0 Å². The molecule has 4 aliphatic carbocycles. The van der Waals surface area contributed by atoms with E-state index in [1.165, 1.54) is 19.3 Å². The molecule has 5 aliphatic rings. The second kappa shape index (κ2) is 13.4. The van der Waals surface area contributed by atoms with Crippen LogP contribution in [0.4, 0.5) is 0 Å². The predicted molar refractivity (Wildman–Crippen MR) is 165 cm³/mol. The largest absolute Gasteiger partial charge is 0.469 e.